The summed E-state index contributed by atoms with van der Waals surface area (Å²) in [7, 11) is 0. The second-order valence-corrected chi connectivity index (χ2v) is 8.03. The van der Waals surface area contributed by atoms with E-state index in [0.717, 1.165) is 5.56 Å². The number of ether oxygens (including phenoxy) is 1. The molecule has 0 aliphatic carbocycles. The summed E-state index contributed by atoms with van der Waals surface area (Å²) in [5.74, 6) is 0. The number of nitrogens with two attached hydrogens (primary N) is 1. The van der Waals surface area contributed by atoms with Gasteiger partial charge in [-0.1, -0.05) is 94.9 Å². The fourth-order valence-electron chi connectivity index (χ4n) is 2.07. The van der Waals surface area contributed by atoms with E-state index in [4.69, 9.17) is 51.1 Å². The molecule has 2 aromatic carbocycles. The summed E-state index contributed by atoms with van der Waals surface area (Å²) in [4.78, 5) is 12.0. The van der Waals surface area contributed by atoms with E-state index in [9.17, 15) is 4.79 Å². The molecule has 134 valence electrons. The number of alkyl halides is 3. The Morgan fingerprint density at radius 3 is 2.36 bits per heavy atom. The third kappa shape index (κ3) is 6.92. The predicted molar refractivity (Wildman–Crippen MR) is 101 cm³/mol. The molecule has 1 amide bonds. The van der Waals surface area contributed by atoms with Crippen molar-refractivity contribution in [2.24, 2.45) is 0 Å². The molecule has 0 radical (unpaired) electrons. The number of nitrogens with one attached hydrogen (secondary N) is 1. The summed E-state index contributed by atoms with van der Waals surface area (Å²) >= 11 is 23.9. The average molecular weight is 423 g/mol. The summed E-state index contributed by atoms with van der Waals surface area (Å²) in [5, 5.41) is 4.80. The van der Waals surface area contributed by atoms with Crippen molar-refractivity contribution in [2.45, 2.75) is 23.1 Å². The maximum atomic E-state index is 12.0. The van der Waals surface area contributed by atoms with Crippen molar-refractivity contribution in [1.82, 2.24) is 5.32 Å². The van der Waals surface area contributed by atoms with Crippen LogP contribution in [0.4, 0.5) is 4.79 Å². The lowest BCUT2D eigenvalue weighted by Crippen LogP contribution is -2.95. The molecular formula is C17H17Cl4N2O2+. The van der Waals surface area contributed by atoms with Gasteiger partial charge in [0.15, 0.2) is 0 Å². The Hall–Kier alpha value is -1.17. The number of alkyl carbamates (subject to hydrolysis) is 1. The maximum absolute atomic E-state index is 12.0. The van der Waals surface area contributed by atoms with Crippen LogP contribution in [0.3, 0.4) is 0 Å². The zero-order valence-electron chi connectivity index (χ0n) is 13.1. The van der Waals surface area contributed by atoms with Gasteiger partial charge in [0, 0.05) is 16.1 Å². The summed E-state index contributed by atoms with van der Waals surface area (Å²) in [6, 6.07) is 16.7. The van der Waals surface area contributed by atoms with Gasteiger partial charge in [-0.2, -0.15) is 0 Å². The molecule has 0 saturated heterocycles. The van der Waals surface area contributed by atoms with Crippen molar-refractivity contribution in [2.75, 3.05) is 0 Å². The fraction of sp³-hybridized carbons (Fsp3) is 0.235. The number of halogens is 4. The van der Waals surface area contributed by atoms with Gasteiger partial charge in [0.1, 0.15) is 13.2 Å². The molecular weight excluding hydrogens is 406 g/mol. The molecule has 0 heterocycles. The number of hydrogen-bond donors (Lipinski definition) is 2. The van der Waals surface area contributed by atoms with Crippen molar-refractivity contribution in [3.8, 4) is 0 Å². The van der Waals surface area contributed by atoms with Gasteiger partial charge in [-0.05, 0) is 6.07 Å². The zero-order chi connectivity index (χ0) is 18.3. The molecule has 3 N–H and O–H groups in total. The minimum atomic E-state index is -1.70. The monoisotopic (exact) mass is 421 g/mol. The Labute approximate surface area is 166 Å². The topological polar surface area (TPSA) is 54.9 Å². The first-order chi connectivity index (χ1) is 11.9. The summed E-state index contributed by atoms with van der Waals surface area (Å²) in [5.41, 5.74) is 1.73. The quantitative estimate of drug-likeness (QED) is 0.545. The Bertz CT molecular complexity index is 693. The summed E-state index contributed by atoms with van der Waals surface area (Å²) < 4.78 is 3.46. The van der Waals surface area contributed by atoms with Crippen LogP contribution in [0, 0.1) is 0 Å². The van der Waals surface area contributed by atoms with Crippen LogP contribution in [0.1, 0.15) is 11.1 Å². The number of hydrogen-bond acceptors (Lipinski definition) is 2. The van der Waals surface area contributed by atoms with E-state index >= 15 is 0 Å². The average Bonchev–Trinajstić information content (AvgIpc) is 2.58. The highest BCUT2D eigenvalue weighted by atomic mass is 35.6. The molecule has 2 aromatic rings. The highest BCUT2D eigenvalue weighted by Gasteiger charge is 2.37. The van der Waals surface area contributed by atoms with Gasteiger partial charge in [-0.3, -0.25) is 5.32 Å². The van der Waals surface area contributed by atoms with E-state index in [1.165, 1.54) is 0 Å². The molecule has 0 aliphatic heterocycles. The van der Waals surface area contributed by atoms with Gasteiger partial charge in [-0.25, -0.2) is 4.79 Å². The Kier molecular flexibility index (Phi) is 7.66. The van der Waals surface area contributed by atoms with E-state index in [1.807, 2.05) is 30.3 Å². The van der Waals surface area contributed by atoms with Gasteiger partial charge < -0.3 is 10.1 Å². The molecule has 0 spiro atoms. The van der Waals surface area contributed by atoms with E-state index in [1.54, 1.807) is 29.6 Å². The predicted octanol–water partition coefficient (Wildman–Crippen LogP) is 4.03. The standard InChI is InChI=1S/C17H16Cl4N2O2/c18-14-9-5-4-8-13(14)11-25-16(24)23-15(17(19,20)21)22-10-12-6-2-1-3-7-12/h1-9,15,22H,10-11H2,(H,23,24)/p+1/t15-/m0/s1. The Balaban J connectivity index is 1.90. The number of quaternary nitrogens is 1. The van der Waals surface area contributed by atoms with E-state index in [0.29, 0.717) is 17.1 Å². The van der Waals surface area contributed by atoms with E-state index < -0.39 is 16.1 Å². The zero-order valence-corrected chi connectivity index (χ0v) is 16.1. The van der Waals surface area contributed by atoms with Crippen molar-refractivity contribution in [1.29, 1.82) is 0 Å². The third-order valence-corrected chi connectivity index (χ3v) is 4.45. The molecule has 4 nitrogen and oxygen atoms in total. The molecule has 0 unspecified atom stereocenters. The Morgan fingerprint density at radius 2 is 1.72 bits per heavy atom. The van der Waals surface area contributed by atoms with Crippen LogP contribution in [-0.2, 0) is 17.9 Å². The molecule has 25 heavy (non-hydrogen) atoms. The maximum Gasteiger partial charge on any atom is 0.412 e. The van der Waals surface area contributed by atoms with Crippen molar-refractivity contribution >= 4 is 52.5 Å². The number of carbonyl (C=O) groups excluding carboxylic acids is 1. The highest BCUT2D eigenvalue weighted by molar-refractivity contribution is 6.68. The number of amides is 1. The first-order valence-electron chi connectivity index (χ1n) is 7.47. The molecule has 0 bridgehead atoms. The van der Waals surface area contributed by atoms with Crippen molar-refractivity contribution in [3.63, 3.8) is 0 Å². The lowest BCUT2D eigenvalue weighted by Gasteiger charge is -2.23. The number of rotatable bonds is 6. The minimum absolute atomic E-state index is 0.0246. The largest absolute Gasteiger partial charge is 0.445 e. The molecule has 1 atom stereocenters. The SMILES string of the molecule is O=C(N[C@H]([NH2+]Cc1ccccc1)C(Cl)(Cl)Cl)OCc1ccccc1Cl. The Morgan fingerprint density at radius 1 is 1.08 bits per heavy atom. The van der Waals surface area contributed by atoms with Crippen LogP contribution in [-0.4, -0.2) is 16.1 Å². The second kappa shape index (κ2) is 9.51. The number of benzene rings is 2. The fourth-order valence-corrected chi connectivity index (χ4v) is 2.69. The van der Waals surface area contributed by atoms with E-state index in [2.05, 4.69) is 5.32 Å². The van der Waals surface area contributed by atoms with Crippen molar-refractivity contribution < 1.29 is 14.8 Å². The smallest absolute Gasteiger partial charge is 0.412 e. The van der Waals surface area contributed by atoms with Crippen LogP contribution in [0.25, 0.3) is 0 Å². The lowest BCUT2D eigenvalue weighted by atomic mass is 10.2. The van der Waals surface area contributed by atoms with Gasteiger partial charge in [0.05, 0.1) is 0 Å². The first-order valence-corrected chi connectivity index (χ1v) is 8.98. The first kappa shape index (κ1) is 20.1. The van der Waals surface area contributed by atoms with Crippen LogP contribution < -0.4 is 10.6 Å². The van der Waals surface area contributed by atoms with Gasteiger partial charge in [-0.15, -0.1) is 0 Å². The molecule has 8 heteroatoms. The van der Waals surface area contributed by atoms with Gasteiger partial charge >= 0.3 is 6.09 Å². The van der Waals surface area contributed by atoms with Crippen molar-refractivity contribution in [3.05, 3.63) is 70.7 Å². The normalized spacial score (nSPS) is 12.5. The van der Waals surface area contributed by atoms with E-state index in [-0.39, 0.29) is 6.61 Å². The lowest BCUT2D eigenvalue weighted by molar-refractivity contribution is -0.707. The van der Waals surface area contributed by atoms with Gasteiger partial charge in [0.2, 0.25) is 6.17 Å². The van der Waals surface area contributed by atoms with Crippen LogP contribution in [0.2, 0.25) is 5.02 Å². The van der Waals surface area contributed by atoms with Crippen LogP contribution in [0.5, 0.6) is 0 Å². The molecule has 0 saturated carbocycles. The molecule has 2 rings (SSSR count). The second-order valence-electron chi connectivity index (χ2n) is 5.26. The molecule has 0 aliphatic rings. The number of carbonyl (C=O) groups is 1. The minimum Gasteiger partial charge on any atom is -0.445 e. The molecule has 0 aromatic heterocycles. The van der Waals surface area contributed by atoms with Crippen LogP contribution in [0.15, 0.2) is 54.6 Å². The summed E-state index contributed by atoms with van der Waals surface area (Å²) in [6.45, 7) is 0.557. The van der Waals surface area contributed by atoms with Crippen LogP contribution >= 0.6 is 46.4 Å². The highest BCUT2D eigenvalue weighted by Crippen LogP contribution is 2.27. The molecule has 0 fully saturated rings. The summed E-state index contributed by atoms with van der Waals surface area (Å²) in [6.07, 6.45) is -1.50. The van der Waals surface area contributed by atoms with Gasteiger partial charge in [0.25, 0.3) is 3.79 Å². The third-order valence-electron chi connectivity index (χ3n) is 3.37.